The fraction of sp³-hybridized carbons (Fsp3) is 0.286. The van der Waals surface area contributed by atoms with Crippen molar-refractivity contribution in [2.75, 3.05) is 11.9 Å². The predicted octanol–water partition coefficient (Wildman–Crippen LogP) is 3.64. The van der Waals surface area contributed by atoms with Crippen LogP contribution in [-0.2, 0) is 6.54 Å². The summed E-state index contributed by atoms with van der Waals surface area (Å²) in [5.74, 6) is 0.839. The minimum Gasteiger partial charge on any atom is -0.370 e. The molecule has 2 heterocycles. The Hall–Kier alpha value is -1.14. The molecule has 106 valence electrons. The first kappa shape index (κ1) is 15.3. The van der Waals surface area contributed by atoms with Crippen molar-refractivity contribution in [3.63, 3.8) is 0 Å². The molecule has 0 saturated heterocycles. The van der Waals surface area contributed by atoms with Crippen LogP contribution in [0.1, 0.15) is 19.0 Å². The average Bonchev–Trinajstić information content (AvgIpc) is 2.42. The quantitative estimate of drug-likeness (QED) is 0.833. The van der Waals surface area contributed by atoms with Crippen LogP contribution < -0.4 is 10.9 Å². The molecule has 0 fully saturated rings. The fourth-order valence-electron chi connectivity index (χ4n) is 1.78. The van der Waals surface area contributed by atoms with Gasteiger partial charge in [0.2, 0.25) is 0 Å². The number of nitrogens with one attached hydrogen (secondary N) is 1. The zero-order valence-corrected chi connectivity index (χ0v) is 14.2. The number of aromatic nitrogens is 2. The summed E-state index contributed by atoms with van der Waals surface area (Å²) >= 11 is 6.65. The van der Waals surface area contributed by atoms with E-state index in [1.165, 1.54) is 0 Å². The summed E-state index contributed by atoms with van der Waals surface area (Å²) in [6, 6.07) is 7.53. The van der Waals surface area contributed by atoms with E-state index >= 15 is 0 Å². The Morgan fingerprint density at radius 1 is 1.35 bits per heavy atom. The Kier molecular flexibility index (Phi) is 5.37. The second kappa shape index (κ2) is 7.04. The van der Waals surface area contributed by atoms with E-state index in [1.54, 1.807) is 16.8 Å². The van der Waals surface area contributed by atoms with Crippen LogP contribution in [0.2, 0.25) is 0 Å². The van der Waals surface area contributed by atoms with Crippen LogP contribution in [0, 0.1) is 0 Å². The highest BCUT2D eigenvalue weighted by Gasteiger charge is 2.05. The Morgan fingerprint density at radius 3 is 2.90 bits per heavy atom. The van der Waals surface area contributed by atoms with E-state index in [0.717, 1.165) is 29.0 Å². The van der Waals surface area contributed by atoms with Gasteiger partial charge < -0.3 is 9.88 Å². The third-order valence-corrected chi connectivity index (χ3v) is 3.71. The second-order valence-electron chi connectivity index (χ2n) is 4.38. The molecule has 0 aromatic carbocycles. The average molecular weight is 401 g/mol. The molecule has 2 rings (SSSR count). The van der Waals surface area contributed by atoms with E-state index in [9.17, 15) is 4.79 Å². The number of rotatable bonds is 5. The molecule has 0 atom stereocenters. The summed E-state index contributed by atoms with van der Waals surface area (Å²) in [5.41, 5.74) is 0.778. The largest absolute Gasteiger partial charge is 0.370 e. The van der Waals surface area contributed by atoms with E-state index in [2.05, 4.69) is 49.1 Å². The standard InChI is InChI=1S/C14H15Br2N3O/c1-2-6-17-13-5-3-4-11(18-13)9-19-8-10(15)7-12(16)14(19)20/h3-5,7-8H,2,6,9H2,1H3,(H,17,18). The first-order valence-corrected chi connectivity index (χ1v) is 7.94. The van der Waals surface area contributed by atoms with Crippen LogP contribution in [-0.4, -0.2) is 16.1 Å². The number of halogens is 2. The van der Waals surface area contributed by atoms with Crippen molar-refractivity contribution in [2.24, 2.45) is 0 Å². The van der Waals surface area contributed by atoms with Gasteiger partial charge in [0.15, 0.2) is 0 Å². The van der Waals surface area contributed by atoms with Crippen molar-refractivity contribution in [3.05, 3.63) is 55.5 Å². The summed E-state index contributed by atoms with van der Waals surface area (Å²) in [7, 11) is 0. The summed E-state index contributed by atoms with van der Waals surface area (Å²) in [4.78, 5) is 16.5. The lowest BCUT2D eigenvalue weighted by molar-refractivity contribution is 0.733. The van der Waals surface area contributed by atoms with Gasteiger partial charge in [-0.3, -0.25) is 4.79 Å². The Balaban J connectivity index is 2.24. The number of nitrogens with zero attached hydrogens (tertiary/aromatic N) is 2. The first-order chi connectivity index (χ1) is 9.60. The Labute approximate surface area is 134 Å². The SMILES string of the molecule is CCCNc1cccc(Cn2cc(Br)cc(Br)c2=O)n1. The monoisotopic (exact) mass is 399 g/mol. The van der Waals surface area contributed by atoms with Gasteiger partial charge in [0.25, 0.3) is 5.56 Å². The molecule has 0 spiro atoms. The van der Waals surface area contributed by atoms with Gasteiger partial charge >= 0.3 is 0 Å². The molecule has 0 aliphatic rings. The number of hydrogen-bond donors (Lipinski definition) is 1. The van der Waals surface area contributed by atoms with Gasteiger partial charge in [-0.05, 0) is 56.5 Å². The smallest absolute Gasteiger partial charge is 0.265 e. The van der Waals surface area contributed by atoms with Crippen LogP contribution in [0.3, 0.4) is 0 Å². The van der Waals surface area contributed by atoms with Gasteiger partial charge in [-0.2, -0.15) is 0 Å². The van der Waals surface area contributed by atoms with E-state index in [-0.39, 0.29) is 5.56 Å². The van der Waals surface area contributed by atoms with Gasteiger partial charge in [0.05, 0.1) is 16.7 Å². The first-order valence-electron chi connectivity index (χ1n) is 6.35. The minimum atomic E-state index is -0.0677. The summed E-state index contributed by atoms with van der Waals surface area (Å²) in [6.07, 6.45) is 2.81. The molecule has 0 aliphatic heterocycles. The maximum Gasteiger partial charge on any atom is 0.265 e. The zero-order chi connectivity index (χ0) is 14.5. The number of pyridine rings is 2. The van der Waals surface area contributed by atoms with Crippen molar-refractivity contribution in [3.8, 4) is 0 Å². The Morgan fingerprint density at radius 2 is 2.15 bits per heavy atom. The Bertz CT molecular complexity index is 655. The highest BCUT2D eigenvalue weighted by atomic mass is 79.9. The summed E-state index contributed by atoms with van der Waals surface area (Å²) in [6.45, 7) is 3.44. The minimum absolute atomic E-state index is 0.0677. The molecular formula is C14H15Br2N3O. The molecule has 6 heteroatoms. The molecule has 20 heavy (non-hydrogen) atoms. The third-order valence-electron chi connectivity index (χ3n) is 2.70. The topological polar surface area (TPSA) is 46.9 Å². The predicted molar refractivity (Wildman–Crippen MR) is 88.2 cm³/mol. The lowest BCUT2D eigenvalue weighted by Crippen LogP contribution is -2.21. The second-order valence-corrected chi connectivity index (χ2v) is 6.15. The molecule has 0 saturated carbocycles. The molecule has 2 aromatic rings. The molecule has 0 radical (unpaired) electrons. The molecule has 4 nitrogen and oxygen atoms in total. The highest BCUT2D eigenvalue weighted by molar-refractivity contribution is 9.11. The van der Waals surface area contributed by atoms with Crippen molar-refractivity contribution >= 4 is 37.7 Å². The fourth-order valence-corrected chi connectivity index (χ4v) is 3.03. The van der Waals surface area contributed by atoms with Crippen LogP contribution in [0.25, 0.3) is 0 Å². The van der Waals surface area contributed by atoms with Gasteiger partial charge in [-0.25, -0.2) is 4.98 Å². The van der Waals surface area contributed by atoms with Crippen molar-refractivity contribution in [1.82, 2.24) is 9.55 Å². The van der Waals surface area contributed by atoms with Crippen LogP contribution >= 0.6 is 31.9 Å². The lowest BCUT2D eigenvalue weighted by atomic mass is 10.3. The molecular weight excluding hydrogens is 386 g/mol. The molecule has 0 unspecified atom stereocenters. The van der Waals surface area contributed by atoms with Crippen LogP contribution in [0.5, 0.6) is 0 Å². The zero-order valence-electron chi connectivity index (χ0n) is 11.1. The van der Waals surface area contributed by atoms with E-state index in [4.69, 9.17) is 0 Å². The lowest BCUT2D eigenvalue weighted by Gasteiger charge is -2.09. The van der Waals surface area contributed by atoms with Crippen molar-refractivity contribution in [1.29, 1.82) is 0 Å². The molecule has 0 amide bonds. The maximum absolute atomic E-state index is 12.0. The molecule has 1 N–H and O–H groups in total. The highest BCUT2D eigenvalue weighted by Crippen LogP contribution is 2.14. The third kappa shape index (κ3) is 3.93. The van der Waals surface area contributed by atoms with Gasteiger partial charge in [-0.1, -0.05) is 13.0 Å². The number of anilines is 1. The van der Waals surface area contributed by atoms with Crippen molar-refractivity contribution in [2.45, 2.75) is 19.9 Å². The molecule has 0 bridgehead atoms. The summed E-state index contributed by atoms with van der Waals surface area (Å²) < 4.78 is 3.01. The van der Waals surface area contributed by atoms with E-state index in [0.29, 0.717) is 11.0 Å². The normalized spacial score (nSPS) is 10.6. The van der Waals surface area contributed by atoms with Crippen LogP contribution in [0.15, 0.2) is 44.2 Å². The van der Waals surface area contributed by atoms with Gasteiger partial charge in [-0.15, -0.1) is 0 Å². The van der Waals surface area contributed by atoms with E-state index < -0.39 is 0 Å². The maximum atomic E-state index is 12.0. The molecule has 0 aliphatic carbocycles. The van der Waals surface area contributed by atoms with Crippen LogP contribution in [0.4, 0.5) is 5.82 Å². The van der Waals surface area contributed by atoms with Crippen molar-refractivity contribution < 1.29 is 0 Å². The number of hydrogen-bond acceptors (Lipinski definition) is 3. The van der Waals surface area contributed by atoms with Gasteiger partial charge in [0.1, 0.15) is 5.82 Å². The van der Waals surface area contributed by atoms with Gasteiger partial charge in [0, 0.05) is 17.2 Å². The molecule has 2 aromatic heterocycles. The summed E-state index contributed by atoms with van der Waals surface area (Å²) in [5, 5.41) is 3.24. The van der Waals surface area contributed by atoms with E-state index in [1.807, 2.05) is 18.2 Å².